The number of hydrogen-bond donors (Lipinski definition) is 1. The van der Waals surface area contributed by atoms with Gasteiger partial charge in [0, 0.05) is 24.8 Å². The smallest absolute Gasteiger partial charge is 0.550 e. The molecule has 8 heteroatoms. The zero-order valence-corrected chi connectivity index (χ0v) is 8.43. The van der Waals surface area contributed by atoms with Crippen LogP contribution in [0.1, 0.15) is 14.3 Å². The van der Waals surface area contributed by atoms with Crippen LogP contribution in [-0.4, -0.2) is 51.7 Å². The van der Waals surface area contributed by atoms with Gasteiger partial charge in [-0.05, 0) is 0 Å². The molecule has 0 saturated heterocycles. The van der Waals surface area contributed by atoms with E-state index in [-0.39, 0.29) is 24.5 Å². The second-order valence-corrected chi connectivity index (χ2v) is 2.42. The number of carbonyl (C=O) groups excluding carboxylic acids is 3. The van der Waals surface area contributed by atoms with Gasteiger partial charge in [0.15, 0.2) is 0 Å². The summed E-state index contributed by atoms with van der Waals surface area (Å²) in [6, 6.07) is 0. The van der Waals surface area contributed by atoms with Gasteiger partial charge in [0.2, 0.25) is 0 Å². The van der Waals surface area contributed by atoms with Gasteiger partial charge in [-0.25, -0.2) is 0 Å². The van der Waals surface area contributed by atoms with Crippen LogP contribution < -0.4 is 15.3 Å². The maximum absolute atomic E-state index is 10.1. The zero-order chi connectivity index (χ0) is 10.6. The Kier molecular flexibility index (Phi) is 6.44. The third-order valence-electron chi connectivity index (χ3n) is 1.25. The van der Waals surface area contributed by atoms with Gasteiger partial charge in [-0.3, -0.25) is 0 Å². The van der Waals surface area contributed by atoms with Gasteiger partial charge in [0.1, 0.15) is 5.60 Å². The van der Waals surface area contributed by atoms with Crippen molar-refractivity contribution in [1.29, 1.82) is 0 Å². The van der Waals surface area contributed by atoms with Crippen LogP contribution in [0.25, 0.3) is 0 Å². The third kappa shape index (κ3) is 4.99. The predicted octanol–water partition coefficient (Wildman–Crippen LogP) is -5.52. The number of aliphatic carboxylic acids is 3. The Morgan fingerprint density at radius 1 is 1.07 bits per heavy atom. The maximum atomic E-state index is 10.1. The molecule has 0 rings (SSSR count). The number of hydrogen-bond acceptors (Lipinski definition) is 7. The molecule has 0 heterocycles. The number of carboxylic acid groups (broad SMARTS) is 3. The van der Waals surface area contributed by atoms with Crippen molar-refractivity contribution in [2.45, 2.75) is 18.4 Å². The Hall–Kier alpha value is -0.864. The van der Waals surface area contributed by atoms with E-state index in [1.54, 1.807) is 0 Å². The maximum Gasteiger partial charge on any atom is 2.00 e. The van der Waals surface area contributed by atoms with Gasteiger partial charge in [-0.15, -0.1) is 0 Å². The Morgan fingerprint density at radius 3 is 1.50 bits per heavy atom. The Labute approximate surface area is 96.0 Å². The minimum absolute atomic E-state index is 0. The SMILES string of the molecule is O=C([O-])CC(O)(CC(=O)[O-])C(=O)[O-].[H+].[Mg+2]. The van der Waals surface area contributed by atoms with Crippen LogP contribution in [0.3, 0.4) is 0 Å². The van der Waals surface area contributed by atoms with Crippen molar-refractivity contribution >= 4 is 41.0 Å². The molecule has 0 bridgehead atoms. The van der Waals surface area contributed by atoms with Crippen LogP contribution in [0.15, 0.2) is 0 Å². The molecule has 0 aromatic rings. The van der Waals surface area contributed by atoms with E-state index < -0.39 is 36.4 Å². The van der Waals surface area contributed by atoms with Gasteiger partial charge in [0.25, 0.3) is 0 Å². The van der Waals surface area contributed by atoms with E-state index in [9.17, 15) is 29.7 Å². The second-order valence-electron chi connectivity index (χ2n) is 2.42. The van der Waals surface area contributed by atoms with Crippen LogP contribution in [0.4, 0.5) is 0 Å². The summed E-state index contributed by atoms with van der Waals surface area (Å²) in [6.45, 7) is 0. The van der Waals surface area contributed by atoms with Crippen LogP contribution in [0.5, 0.6) is 0 Å². The van der Waals surface area contributed by atoms with Crippen molar-refractivity contribution in [1.82, 2.24) is 0 Å². The first-order valence-corrected chi connectivity index (χ1v) is 3.11. The first kappa shape index (κ1) is 15.6. The molecule has 7 nitrogen and oxygen atoms in total. The van der Waals surface area contributed by atoms with E-state index in [4.69, 9.17) is 5.11 Å². The van der Waals surface area contributed by atoms with E-state index in [0.29, 0.717) is 0 Å². The monoisotopic (exact) mass is 214 g/mol. The minimum Gasteiger partial charge on any atom is -0.550 e. The molecular formula is C6H6MgO7. The first-order chi connectivity index (χ1) is 5.78. The van der Waals surface area contributed by atoms with Crippen LogP contribution in [-0.2, 0) is 14.4 Å². The Bertz CT molecular complexity index is 238. The summed E-state index contributed by atoms with van der Waals surface area (Å²) in [7, 11) is 0. The number of carbonyl (C=O) groups is 3. The summed E-state index contributed by atoms with van der Waals surface area (Å²) < 4.78 is 0. The summed E-state index contributed by atoms with van der Waals surface area (Å²) >= 11 is 0. The van der Waals surface area contributed by atoms with Crippen molar-refractivity contribution in [2.24, 2.45) is 0 Å². The molecule has 0 fully saturated rings. The molecule has 0 radical (unpaired) electrons. The number of aliphatic hydroxyl groups is 1. The number of rotatable bonds is 5. The molecule has 0 aromatic heterocycles. The molecular weight excluding hydrogens is 208 g/mol. The van der Waals surface area contributed by atoms with Crippen molar-refractivity contribution in [2.75, 3.05) is 0 Å². The standard InChI is InChI=1S/C6H8O7.Mg/c7-3(8)1-6(13,5(11)12)2-4(9)10;/h13H,1-2H2,(H,7,8)(H,9,10)(H,11,12);/q;+2/p-2. The van der Waals surface area contributed by atoms with Crippen LogP contribution in [0.2, 0.25) is 0 Å². The fraction of sp³-hybridized carbons (Fsp3) is 0.500. The normalized spacial score (nSPS) is 10.1. The molecule has 0 aromatic carbocycles. The summed E-state index contributed by atoms with van der Waals surface area (Å²) in [5, 5.41) is 38.9. The van der Waals surface area contributed by atoms with E-state index in [1.165, 1.54) is 0 Å². The molecule has 0 aliphatic rings. The minimum atomic E-state index is -2.97. The fourth-order valence-corrected chi connectivity index (χ4v) is 0.684. The predicted molar refractivity (Wildman–Crippen MR) is 36.1 cm³/mol. The van der Waals surface area contributed by atoms with E-state index in [1.807, 2.05) is 0 Å². The second kappa shape index (κ2) is 5.78. The van der Waals surface area contributed by atoms with E-state index >= 15 is 0 Å². The van der Waals surface area contributed by atoms with Gasteiger partial charge in [-0.1, -0.05) is 0 Å². The molecule has 1 N–H and O–H groups in total. The molecule has 0 aliphatic carbocycles. The van der Waals surface area contributed by atoms with E-state index in [0.717, 1.165) is 0 Å². The third-order valence-corrected chi connectivity index (χ3v) is 1.25. The largest absolute Gasteiger partial charge is 2.00 e. The van der Waals surface area contributed by atoms with Gasteiger partial charge >= 0.3 is 24.5 Å². The quantitative estimate of drug-likeness (QED) is 0.450. The van der Waals surface area contributed by atoms with Crippen molar-refractivity contribution in [3.8, 4) is 0 Å². The Morgan fingerprint density at radius 2 is 1.36 bits per heavy atom. The van der Waals surface area contributed by atoms with Crippen LogP contribution >= 0.6 is 0 Å². The van der Waals surface area contributed by atoms with E-state index in [2.05, 4.69) is 0 Å². The first-order valence-electron chi connectivity index (χ1n) is 3.11. The topological polar surface area (TPSA) is 141 Å². The molecule has 14 heavy (non-hydrogen) atoms. The van der Waals surface area contributed by atoms with Gasteiger partial charge in [-0.2, -0.15) is 0 Å². The van der Waals surface area contributed by atoms with Crippen molar-refractivity contribution in [3.63, 3.8) is 0 Å². The molecule has 0 unspecified atom stereocenters. The average Bonchev–Trinajstić information content (AvgIpc) is 1.82. The molecule has 0 spiro atoms. The van der Waals surface area contributed by atoms with Gasteiger partial charge in [0.05, 0.1) is 5.97 Å². The summed E-state index contributed by atoms with van der Waals surface area (Å²) in [4.78, 5) is 30.0. The molecule has 0 amide bonds. The summed E-state index contributed by atoms with van der Waals surface area (Å²) in [6.07, 6.45) is -2.72. The number of carboxylic acids is 3. The average molecular weight is 214 g/mol. The van der Waals surface area contributed by atoms with Gasteiger partial charge < -0.3 is 34.8 Å². The van der Waals surface area contributed by atoms with Crippen LogP contribution in [0, 0.1) is 0 Å². The molecule has 0 aliphatic heterocycles. The van der Waals surface area contributed by atoms with Crippen molar-refractivity contribution in [3.05, 3.63) is 0 Å². The molecule has 0 atom stereocenters. The summed E-state index contributed by atoms with van der Waals surface area (Å²) in [5.41, 5.74) is -2.97. The van der Waals surface area contributed by atoms with Crippen molar-refractivity contribution < 1.29 is 36.2 Å². The molecule has 0 saturated carbocycles. The Balaban J connectivity index is -0.000000720. The summed E-state index contributed by atoms with van der Waals surface area (Å²) in [5.74, 6) is -5.98. The molecule has 74 valence electrons. The zero-order valence-electron chi connectivity index (χ0n) is 8.02. The fourth-order valence-electron chi connectivity index (χ4n) is 0.684.